The lowest BCUT2D eigenvalue weighted by molar-refractivity contribution is 0.112. The van der Waals surface area contributed by atoms with Gasteiger partial charge < -0.3 is 4.74 Å². The van der Waals surface area contributed by atoms with Crippen molar-refractivity contribution in [3.05, 3.63) is 34.2 Å². The standard InChI is InChI=1S/C12H16N2O3/c1-14(5-6-17-2)8-10-3-4-12(13-16)11(7-10)9-15/h3-4,7,9H,5-6,8H2,1-2H3. The third-order valence-corrected chi connectivity index (χ3v) is 2.45. The van der Waals surface area contributed by atoms with Gasteiger partial charge in [-0.2, -0.15) is 0 Å². The van der Waals surface area contributed by atoms with Crippen molar-refractivity contribution in [2.75, 3.05) is 27.3 Å². The van der Waals surface area contributed by atoms with Gasteiger partial charge in [0.15, 0.2) is 6.29 Å². The highest BCUT2D eigenvalue weighted by Gasteiger charge is 2.05. The highest BCUT2D eigenvalue weighted by atomic mass is 16.5. The Kier molecular flexibility index (Phi) is 5.45. The van der Waals surface area contributed by atoms with Crippen molar-refractivity contribution in [3.8, 4) is 0 Å². The van der Waals surface area contributed by atoms with E-state index in [1.54, 1.807) is 25.3 Å². The smallest absolute Gasteiger partial charge is 0.152 e. The molecule has 1 rings (SSSR count). The summed E-state index contributed by atoms with van der Waals surface area (Å²) in [7, 11) is 3.62. The second-order valence-corrected chi connectivity index (χ2v) is 3.83. The van der Waals surface area contributed by atoms with Gasteiger partial charge >= 0.3 is 0 Å². The zero-order chi connectivity index (χ0) is 12.7. The number of methoxy groups -OCH3 is 1. The normalized spacial score (nSPS) is 10.5. The molecule has 1 aromatic carbocycles. The average molecular weight is 236 g/mol. The van der Waals surface area contributed by atoms with Crippen molar-refractivity contribution in [1.82, 2.24) is 4.90 Å². The van der Waals surface area contributed by atoms with Crippen LogP contribution in [0.1, 0.15) is 15.9 Å². The molecule has 0 amide bonds. The Morgan fingerprint density at radius 2 is 2.24 bits per heavy atom. The molecule has 0 aromatic heterocycles. The number of carbonyl (C=O) groups excluding carboxylic acids is 1. The minimum Gasteiger partial charge on any atom is -0.383 e. The second-order valence-electron chi connectivity index (χ2n) is 3.83. The maximum absolute atomic E-state index is 10.8. The number of hydrogen-bond acceptors (Lipinski definition) is 5. The number of ether oxygens (including phenoxy) is 1. The van der Waals surface area contributed by atoms with Crippen LogP contribution in [0.4, 0.5) is 5.69 Å². The van der Waals surface area contributed by atoms with Gasteiger partial charge in [0.25, 0.3) is 0 Å². The van der Waals surface area contributed by atoms with Crippen LogP contribution in [0.5, 0.6) is 0 Å². The molecule has 1 aromatic rings. The number of hydrogen-bond donors (Lipinski definition) is 0. The highest BCUT2D eigenvalue weighted by molar-refractivity contribution is 5.83. The summed E-state index contributed by atoms with van der Waals surface area (Å²) in [6, 6.07) is 5.05. The Morgan fingerprint density at radius 1 is 1.47 bits per heavy atom. The molecule has 0 heterocycles. The Balaban J connectivity index is 2.71. The third-order valence-electron chi connectivity index (χ3n) is 2.45. The van der Waals surface area contributed by atoms with Gasteiger partial charge in [-0.3, -0.25) is 9.69 Å². The molecule has 0 fully saturated rings. The van der Waals surface area contributed by atoms with Crippen molar-refractivity contribution in [3.63, 3.8) is 0 Å². The van der Waals surface area contributed by atoms with E-state index in [9.17, 15) is 9.70 Å². The number of aldehydes is 1. The lowest BCUT2D eigenvalue weighted by atomic mass is 10.1. The van der Waals surface area contributed by atoms with Crippen LogP contribution in [-0.4, -0.2) is 38.5 Å². The van der Waals surface area contributed by atoms with Crippen molar-refractivity contribution in [2.24, 2.45) is 5.18 Å². The Morgan fingerprint density at radius 3 is 2.82 bits per heavy atom. The predicted molar refractivity (Wildman–Crippen MR) is 65.5 cm³/mol. The molecule has 0 spiro atoms. The highest BCUT2D eigenvalue weighted by Crippen LogP contribution is 2.19. The van der Waals surface area contributed by atoms with Gasteiger partial charge in [-0.1, -0.05) is 6.07 Å². The van der Waals surface area contributed by atoms with Crippen LogP contribution in [-0.2, 0) is 11.3 Å². The first-order valence-corrected chi connectivity index (χ1v) is 5.30. The van der Waals surface area contributed by atoms with Crippen LogP contribution >= 0.6 is 0 Å². The summed E-state index contributed by atoms with van der Waals surface area (Å²) in [5, 5.41) is 2.80. The number of likely N-dealkylation sites (N-methyl/N-ethyl adjacent to an activating group) is 1. The third kappa shape index (κ3) is 4.05. The van der Waals surface area contributed by atoms with Crippen LogP contribution < -0.4 is 0 Å². The Labute approximate surface area is 100 Å². The molecule has 0 saturated carbocycles. The fourth-order valence-electron chi connectivity index (χ4n) is 1.52. The van der Waals surface area contributed by atoms with E-state index in [0.717, 1.165) is 12.1 Å². The monoisotopic (exact) mass is 236 g/mol. The van der Waals surface area contributed by atoms with Gasteiger partial charge in [-0.25, -0.2) is 0 Å². The fourth-order valence-corrected chi connectivity index (χ4v) is 1.52. The van der Waals surface area contributed by atoms with Crippen LogP contribution in [0.25, 0.3) is 0 Å². The number of carbonyl (C=O) groups is 1. The van der Waals surface area contributed by atoms with Crippen LogP contribution in [0.2, 0.25) is 0 Å². The molecule has 0 aliphatic rings. The summed E-state index contributed by atoms with van der Waals surface area (Å²) in [4.78, 5) is 23.3. The number of benzene rings is 1. The molecular weight excluding hydrogens is 220 g/mol. The maximum atomic E-state index is 10.8. The summed E-state index contributed by atoms with van der Waals surface area (Å²) in [5.41, 5.74) is 1.49. The summed E-state index contributed by atoms with van der Waals surface area (Å²) in [5.74, 6) is 0. The molecule has 0 N–H and O–H groups in total. The van der Waals surface area contributed by atoms with E-state index in [4.69, 9.17) is 4.74 Å². The molecule has 0 aliphatic heterocycles. The summed E-state index contributed by atoms with van der Waals surface area (Å²) >= 11 is 0. The first-order chi connectivity index (χ1) is 8.21. The minimum absolute atomic E-state index is 0.184. The molecule has 5 heteroatoms. The number of nitroso groups, excluding NO2 is 1. The zero-order valence-corrected chi connectivity index (χ0v) is 10.0. The Hall–Kier alpha value is -1.59. The molecule has 0 aliphatic carbocycles. The van der Waals surface area contributed by atoms with Gasteiger partial charge in [0, 0.05) is 25.8 Å². The molecule has 5 nitrogen and oxygen atoms in total. The van der Waals surface area contributed by atoms with Crippen molar-refractivity contribution < 1.29 is 9.53 Å². The maximum Gasteiger partial charge on any atom is 0.152 e. The van der Waals surface area contributed by atoms with E-state index in [2.05, 4.69) is 10.1 Å². The zero-order valence-electron chi connectivity index (χ0n) is 10.0. The van der Waals surface area contributed by atoms with Gasteiger partial charge in [-0.05, 0) is 29.9 Å². The number of nitrogens with zero attached hydrogens (tertiary/aromatic N) is 2. The molecule has 0 saturated heterocycles. The number of rotatable bonds is 7. The van der Waals surface area contributed by atoms with Crippen LogP contribution in [0.3, 0.4) is 0 Å². The summed E-state index contributed by atoms with van der Waals surface area (Å²) in [6.07, 6.45) is 0.648. The fraction of sp³-hybridized carbons (Fsp3) is 0.417. The van der Waals surface area contributed by atoms with E-state index >= 15 is 0 Å². The van der Waals surface area contributed by atoms with Crippen LogP contribution in [0, 0.1) is 4.91 Å². The predicted octanol–water partition coefficient (Wildman–Crippen LogP) is 1.98. The van der Waals surface area contributed by atoms with E-state index in [1.165, 1.54) is 0 Å². The van der Waals surface area contributed by atoms with Crippen LogP contribution in [0.15, 0.2) is 23.4 Å². The molecule has 92 valence electrons. The Bertz CT molecular complexity index is 393. The van der Waals surface area contributed by atoms with Gasteiger partial charge in [0.2, 0.25) is 0 Å². The van der Waals surface area contributed by atoms with Gasteiger partial charge in [0.1, 0.15) is 5.69 Å². The van der Waals surface area contributed by atoms with E-state index < -0.39 is 0 Å². The topological polar surface area (TPSA) is 59.0 Å². The quantitative estimate of drug-likeness (QED) is 0.536. The van der Waals surface area contributed by atoms with E-state index in [1.807, 2.05) is 7.05 Å². The van der Waals surface area contributed by atoms with Crippen molar-refractivity contribution in [1.29, 1.82) is 0 Å². The SMILES string of the molecule is COCCN(C)Cc1ccc(N=O)c(C=O)c1. The first kappa shape index (κ1) is 13.5. The van der Waals surface area contributed by atoms with Crippen molar-refractivity contribution in [2.45, 2.75) is 6.54 Å². The average Bonchev–Trinajstić information content (AvgIpc) is 2.36. The van der Waals surface area contributed by atoms with Gasteiger partial charge in [-0.15, -0.1) is 4.91 Å². The minimum atomic E-state index is 0.184. The molecule has 17 heavy (non-hydrogen) atoms. The first-order valence-electron chi connectivity index (χ1n) is 5.30. The lowest BCUT2D eigenvalue weighted by Crippen LogP contribution is -2.22. The molecular formula is C12H16N2O3. The molecule has 0 atom stereocenters. The second kappa shape index (κ2) is 6.88. The van der Waals surface area contributed by atoms with Crippen molar-refractivity contribution >= 4 is 12.0 Å². The molecule has 0 unspecified atom stereocenters. The summed E-state index contributed by atoms with van der Waals surface area (Å²) < 4.78 is 4.98. The van der Waals surface area contributed by atoms with E-state index in [0.29, 0.717) is 25.0 Å². The lowest BCUT2D eigenvalue weighted by Gasteiger charge is -2.16. The van der Waals surface area contributed by atoms with E-state index in [-0.39, 0.29) is 5.69 Å². The largest absolute Gasteiger partial charge is 0.383 e. The summed E-state index contributed by atoms with van der Waals surface area (Å²) in [6.45, 7) is 2.16. The molecule has 0 bridgehead atoms. The molecule has 0 radical (unpaired) electrons. The van der Waals surface area contributed by atoms with Gasteiger partial charge in [0.05, 0.1) is 6.61 Å².